The number of nitrogens with one attached hydrogen (secondary N) is 3. The summed E-state index contributed by atoms with van der Waals surface area (Å²) < 4.78 is 74.1. The number of sulfonamides is 1. The van der Waals surface area contributed by atoms with Gasteiger partial charge in [0.25, 0.3) is 5.97 Å². The molecule has 1 saturated heterocycles. The number of ether oxygens (including phenoxy) is 1. The predicted octanol–water partition coefficient (Wildman–Crippen LogP) is 2.70. The van der Waals surface area contributed by atoms with Gasteiger partial charge in [0.1, 0.15) is 12.3 Å². The van der Waals surface area contributed by atoms with E-state index in [2.05, 4.69) is 10.6 Å². The molecule has 2 atom stereocenters. The summed E-state index contributed by atoms with van der Waals surface area (Å²) in [6.45, 7) is 4.12. The van der Waals surface area contributed by atoms with E-state index in [9.17, 15) is 31.2 Å². The molecule has 2 amide bonds. The summed E-state index contributed by atoms with van der Waals surface area (Å²) in [6.07, 6.45) is -5.58. The van der Waals surface area contributed by atoms with Crippen molar-refractivity contribution in [2.75, 3.05) is 25.1 Å². The predicted molar refractivity (Wildman–Crippen MR) is 146 cm³/mol. The van der Waals surface area contributed by atoms with E-state index in [0.29, 0.717) is 17.3 Å². The lowest BCUT2D eigenvalue weighted by molar-refractivity contribution is -0.140. The largest absolute Gasteiger partial charge is 0.481 e. The van der Waals surface area contributed by atoms with Crippen molar-refractivity contribution in [3.8, 4) is 0 Å². The van der Waals surface area contributed by atoms with Gasteiger partial charge in [-0.1, -0.05) is 6.07 Å². The average Bonchev–Trinajstić information content (AvgIpc) is 2.87. The topological polar surface area (TPSA) is 192 Å². The van der Waals surface area contributed by atoms with Crippen LogP contribution in [-0.2, 0) is 35.3 Å². The third-order valence-electron chi connectivity index (χ3n) is 5.88. The third kappa shape index (κ3) is 9.53. The van der Waals surface area contributed by atoms with Gasteiger partial charge in [-0.3, -0.25) is 19.8 Å². The van der Waals surface area contributed by atoms with Gasteiger partial charge in [0, 0.05) is 30.8 Å². The molecule has 0 aromatic heterocycles. The van der Waals surface area contributed by atoms with E-state index < -0.39 is 62.9 Å². The summed E-state index contributed by atoms with van der Waals surface area (Å²) in [5.74, 6) is -2.39. The quantitative estimate of drug-likeness (QED) is 0.170. The number of carbonyl (C=O) groups is 3. The van der Waals surface area contributed by atoms with Crippen molar-refractivity contribution in [1.29, 1.82) is 5.41 Å². The second-order valence-corrected chi connectivity index (χ2v) is 11.2. The summed E-state index contributed by atoms with van der Waals surface area (Å²) in [5, 5.41) is 19.7. The van der Waals surface area contributed by atoms with Crippen molar-refractivity contribution < 1.29 is 45.8 Å². The van der Waals surface area contributed by atoms with Crippen molar-refractivity contribution in [1.82, 2.24) is 9.62 Å². The Hall–Kier alpha value is -4.02. The summed E-state index contributed by atoms with van der Waals surface area (Å²) >= 11 is 0. The Morgan fingerprint density at radius 1 is 1.17 bits per heavy atom. The normalized spacial score (nSPS) is 16.4. The Labute approximate surface area is 240 Å². The molecule has 3 rings (SSSR count). The summed E-state index contributed by atoms with van der Waals surface area (Å²) in [4.78, 5) is 32.7. The molecule has 230 valence electrons. The number of amidine groups is 1. The fourth-order valence-electron chi connectivity index (χ4n) is 3.92. The van der Waals surface area contributed by atoms with Crippen molar-refractivity contribution in [2.24, 2.45) is 5.73 Å². The first-order chi connectivity index (χ1) is 19.4. The zero-order valence-corrected chi connectivity index (χ0v) is 23.8. The number of carboxylic acids is 1. The highest BCUT2D eigenvalue weighted by Gasteiger charge is 2.41. The molecule has 0 radical (unpaired) electrons. The maximum atomic E-state index is 13.9. The number of rotatable bonds is 8. The molecule has 1 aliphatic rings. The van der Waals surface area contributed by atoms with Crippen LogP contribution in [0.3, 0.4) is 0 Å². The Bertz CT molecular complexity index is 1410. The molecule has 1 heterocycles. The molecule has 42 heavy (non-hydrogen) atoms. The van der Waals surface area contributed by atoms with Gasteiger partial charge in [0.15, 0.2) is 0 Å². The van der Waals surface area contributed by atoms with E-state index in [1.807, 2.05) is 0 Å². The Morgan fingerprint density at radius 3 is 2.29 bits per heavy atom. The molecule has 0 bridgehead atoms. The molecule has 0 saturated carbocycles. The molecule has 1 aliphatic heterocycles. The van der Waals surface area contributed by atoms with Crippen LogP contribution in [0.15, 0.2) is 47.4 Å². The number of anilines is 1. The number of morpholine rings is 1. The lowest BCUT2D eigenvalue weighted by Crippen LogP contribution is -2.47. The van der Waals surface area contributed by atoms with Gasteiger partial charge in [-0.15, -0.1) is 0 Å². The highest BCUT2D eigenvalue weighted by Crippen LogP contribution is 2.37. The van der Waals surface area contributed by atoms with Crippen molar-refractivity contribution in [2.45, 2.75) is 50.3 Å². The third-order valence-corrected chi connectivity index (χ3v) is 7.95. The summed E-state index contributed by atoms with van der Waals surface area (Å²) in [6, 6.07) is 7.23. The van der Waals surface area contributed by atoms with Gasteiger partial charge >= 0.3 is 6.18 Å². The molecular weight excluding hydrogens is 583 g/mol. The number of hydrogen-bond donors (Lipinski definition) is 5. The van der Waals surface area contributed by atoms with Crippen LogP contribution in [0.2, 0.25) is 0 Å². The lowest BCUT2D eigenvalue weighted by Gasteiger charge is -2.33. The number of halogens is 3. The molecular formula is C26H32F3N5O7S. The minimum Gasteiger partial charge on any atom is -0.481 e. The van der Waals surface area contributed by atoms with Crippen LogP contribution in [0, 0.1) is 5.41 Å². The number of carboxylic acid groups (broad SMARTS) is 1. The molecule has 12 nitrogen and oxygen atoms in total. The van der Waals surface area contributed by atoms with Crippen LogP contribution in [-0.4, -0.2) is 67.2 Å². The van der Waals surface area contributed by atoms with Crippen LogP contribution < -0.4 is 16.4 Å². The number of nitrogen functional groups attached to an aromatic ring is 1. The van der Waals surface area contributed by atoms with Gasteiger partial charge in [0.05, 0.1) is 29.7 Å². The number of alkyl halides is 3. The first kappa shape index (κ1) is 34.2. The second-order valence-electron chi connectivity index (χ2n) is 9.32. The molecule has 0 spiro atoms. The van der Waals surface area contributed by atoms with Crippen LogP contribution in [0.25, 0.3) is 0 Å². The van der Waals surface area contributed by atoms with Crippen molar-refractivity contribution >= 4 is 39.3 Å². The number of hydrogen-bond acceptors (Lipinski definition) is 7. The van der Waals surface area contributed by atoms with Crippen LogP contribution in [0.1, 0.15) is 49.9 Å². The SMILES string of the molecule is CC(=O)O.C[C@H](NC(=O)CC(=O)Nc1ccc(C(=N)N)cc1)c1ccc(S(=O)(=O)N2CCOC[C@@H]2C)c(C(F)(F)F)c1. The van der Waals surface area contributed by atoms with E-state index in [1.54, 1.807) is 6.92 Å². The Kier molecular flexibility index (Phi) is 11.6. The lowest BCUT2D eigenvalue weighted by atomic mass is 10.0. The molecule has 2 aromatic rings. The number of aliphatic carboxylic acids is 1. The first-order valence-corrected chi connectivity index (χ1v) is 13.9. The monoisotopic (exact) mass is 615 g/mol. The number of nitrogens with zero attached hydrogens (tertiary/aromatic N) is 1. The zero-order valence-electron chi connectivity index (χ0n) is 23.0. The number of nitrogens with two attached hydrogens (primary N) is 1. The van der Waals surface area contributed by atoms with Gasteiger partial charge in [-0.25, -0.2) is 8.42 Å². The van der Waals surface area contributed by atoms with E-state index in [0.717, 1.165) is 17.3 Å². The van der Waals surface area contributed by atoms with E-state index in [4.69, 9.17) is 25.8 Å². The fourth-order valence-corrected chi connectivity index (χ4v) is 5.71. The van der Waals surface area contributed by atoms with Gasteiger partial charge < -0.3 is 26.2 Å². The number of amides is 2. The van der Waals surface area contributed by atoms with E-state index >= 15 is 0 Å². The van der Waals surface area contributed by atoms with Crippen LogP contribution in [0.4, 0.5) is 18.9 Å². The van der Waals surface area contributed by atoms with Crippen molar-refractivity contribution in [3.05, 3.63) is 59.2 Å². The molecule has 1 fully saturated rings. The second kappa shape index (κ2) is 14.2. The molecule has 6 N–H and O–H groups in total. The van der Waals surface area contributed by atoms with Crippen LogP contribution >= 0.6 is 0 Å². The highest BCUT2D eigenvalue weighted by atomic mass is 32.2. The van der Waals surface area contributed by atoms with Gasteiger partial charge in [-0.2, -0.15) is 17.5 Å². The molecule has 0 aliphatic carbocycles. The van der Waals surface area contributed by atoms with E-state index in [-0.39, 0.29) is 31.2 Å². The van der Waals surface area contributed by atoms with Crippen molar-refractivity contribution in [3.63, 3.8) is 0 Å². The molecule has 0 unspecified atom stereocenters. The van der Waals surface area contributed by atoms with E-state index in [1.165, 1.54) is 37.3 Å². The smallest absolute Gasteiger partial charge is 0.417 e. The molecule has 2 aromatic carbocycles. The first-order valence-electron chi connectivity index (χ1n) is 12.5. The zero-order chi connectivity index (χ0) is 31.8. The minimum atomic E-state index is -4.98. The standard InChI is InChI=1S/C24H28F3N5O5S.C2H4O2/c1-14-13-37-10-9-32(14)38(35,36)20-8-5-17(11-19(20)24(25,26)27)15(2)30-21(33)12-22(34)31-18-6-3-16(4-7-18)23(28)29;1-2(3)4/h3-8,11,14-15H,9-10,12-13H2,1-2H3,(H3,28,29)(H,30,33)(H,31,34);1H3,(H,3,4)/t14-,15-;/m0./s1. The minimum absolute atomic E-state index is 0.0138. The molecule has 16 heteroatoms. The summed E-state index contributed by atoms with van der Waals surface area (Å²) in [7, 11) is -4.47. The van der Waals surface area contributed by atoms with Gasteiger partial charge in [0.2, 0.25) is 21.8 Å². The maximum Gasteiger partial charge on any atom is 0.417 e. The number of carbonyl (C=O) groups excluding carboxylic acids is 2. The van der Waals surface area contributed by atoms with Gasteiger partial charge in [-0.05, 0) is 55.8 Å². The Morgan fingerprint density at radius 2 is 1.76 bits per heavy atom. The fraction of sp³-hybridized carbons (Fsp3) is 0.385. The number of benzene rings is 2. The van der Waals surface area contributed by atoms with Crippen LogP contribution in [0.5, 0.6) is 0 Å². The maximum absolute atomic E-state index is 13.9. The average molecular weight is 616 g/mol. The highest BCUT2D eigenvalue weighted by molar-refractivity contribution is 7.89. The Balaban J connectivity index is 0.00000144. The summed E-state index contributed by atoms with van der Waals surface area (Å²) in [5.41, 5.74) is 4.85.